The van der Waals surface area contributed by atoms with Gasteiger partial charge in [-0.1, -0.05) is 17.9 Å². The maximum Gasteiger partial charge on any atom is 0.0521 e. The van der Waals surface area contributed by atoms with E-state index in [0.29, 0.717) is 5.75 Å². The van der Waals surface area contributed by atoms with Crippen molar-refractivity contribution in [2.45, 2.75) is 6.92 Å². The van der Waals surface area contributed by atoms with Gasteiger partial charge >= 0.3 is 0 Å². The van der Waals surface area contributed by atoms with Gasteiger partial charge in [0.15, 0.2) is 0 Å². The molecule has 1 aromatic carbocycles. The third kappa shape index (κ3) is 2.21. The van der Waals surface area contributed by atoms with Gasteiger partial charge in [-0.2, -0.15) is 12.6 Å². The fourth-order valence-corrected chi connectivity index (χ4v) is 1.01. The van der Waals surface area contributed by atoms with Crippen LogP contribution in [0.4, 0.5) is 5.69 Å². The van der Waals surface area contributed by atoms with Gasteiger partial charge in [-0.25, -0.2) is 0 Å². The van der Waals surface area contributed by atoms with Crippen LogP contribution in [0.25, 0.3) is 0 Å². The summed E-state index contributed by atoms with van der Waals surface area (Å²) in [6.07, 6.45) is 0. The number of hydrogen-bond donors (Lipinski definition) is 2. The van der Waals surface area contributed by atoms with Gasteiger partial charge in [0.25, 0.3) is 0 Å². The second kappa shape index (κ2) is 4.08. The highest BCUT2D eigenvalue weighted by molar-refractivity contribution is 7.80. The van der Waals surface area contributed by atoms with E-state index in [4.69, 9.17) is 5.73 Å². The molecular weight excluding hydrogens is 166 g/mol. The second-order valence-corrected chi connectivity index (χ2v) is 2.87. The minimum absolute atomic E-state index is 0.563. The molecule has 0 spiro atoms. The van der Waals surface area contributed by atoms with Gasteiger partial charge in [0.1, 0.15) is 0 Å². The summed E-state index contributed by atoms with van der Waals surface area (Å²) in [6.45, 7) is 2.01. The molecule has 0 atom stereocenters. The van der Waals surface area contributed by atoms with Gasteiger partial charge in [0, 0.05) is 11.3 Å². The molecule has 12 heavy (non-hydrogen) atoms. The van der Waals surface area contributed by atoms with Crippen LogP contribution in [-0.4, -0.2) is 5.75 Å². The van der Waals surface area contributed by atoms with Crippen LogP contribution in [0.15, 0.2) is 18.2 Å². The van der Waals surface area contributed by atoms with E-state index < -0.39 is 0 Å². The average Bonchev–Trinajstić information content (AvgIpc) is 2.03. The molecule has 2 heteroatoms. The molecule has 0 fully saturated rings. The molecule has 1 nitrogen and oxygen atoms in total. The van der Waals surface area contributed by atoms with Crippen molar-refractivity contribution in [1.82, 2.24) is 0 Å². The van der Waals surface area contributed by atoms with E-state index in [1.807, 2.05) is 25.1 Å². The lowest BCUT2D eigenvalue weighted by molar-refractivity contribution is 1.46. The molecule has 62 valence electrons. The molecule has 0 aliphatic rings. The molecule has 0 amide bonds. The first-order valence-corrected chi connectivity index (χ1v) is 4.33. The molecule has 0 aliphatic carbocycles. The summed E-state index contributed by atoms with van der Waals surface area (Å²) in [6, 6.07) is 5.85. The van der Waals surface area contributed by atoms with Gasteiger partial charge in [-0.15, -0.1) is 0 Å². The Hall–Kier alpha value is -1.07. The molecule has 0 aromatic heterocycles. The van der Waals surface area contributed by atoms with E-state index in [1.165, 1.54) is 0 Å². The lowest BCUT2D eigenvalue weighted by Gasteiger charge is -1.98. The predicted molar refractivity (Wildman–Crippen MR) is 56.3 cm³/mol. The van der Waals surface area contributed by atoms with Crippen LogP contribution in [0, 0.1) is 18.8 Å². The number of rotatable bonds is 0. The number of nitrogens with two attached hydrogens (primary N) is 1. The van der Waals surface area contributed by atoms with E-state index in [-0.39, 0.29) is 0 Å². The van der Waals surface area contributed by atoms with E-state index in [9.17, 15) is 0 Å². The lowest BCUT2D eigenvalue weighted by atomic mass is 10.1. The summed E-state index contributed by atoms with van der Waals surface area (Å²) in [5.74, 6) is 6.36. The standard InChI is InChI=1S/C10H11NS/c1-8-4-5-9(3-2-6-12)10(11)7-8/h4-5,7,12H,6,11H2,1H3. The maximum atomic E-state index is 5.73. The van der Waals surface area contributed by atoms with Crippen LogP contribution < -0.4 is 5.73 Å². The molecule has 0 radical (unpaired) electrons. The SMILES string of the molecule is Cc1ccc(C#CCS)c(N)c1. The normalized spacial score (nSPS) is 8.83. The van der Waals surface area contributed by atoms with E-state index in [0.717, 1.165) is 16.8 Å². The molecule has 1 rings (SSSR count). The Morgan fingerprint density at radius 1 is 1.50 bits per heavy atom. The molecule has 2 N–H and O–H groups in total. The number of benzene rings is 1. The Labute approximate surface area is 78.4 Å². The van der Waals surface area contributed by atoms with Gasteiger partial charge in [-0.05, 0) is 24.6 Å². The van der Waals surface area contributed by atoms with Gasteiger partial charge in [0.05, 0.1) is 5.75 Å². The predicted octanol–water partition coefficient (Wildman–Crippen LogP) is 1.86. The number of thiol groups is 1. The summed E-state index contributed by atoms with van der Waals surface area (Å²) in [7, 11) is 0. The van der Waals surface area contributed by atoms with Crippen LogP contribution in [0.3, 0.4) is 0 Å². The fourth-order valence-electron chi connectivity index (χ4n) is 0.931. The summed E-state index contributed by atoms with van der Waals surface area (Å²) in [5, 5.41) is 0. The van der Waals surface area contributed by atoms with Crippen molar-refractivity contribution < 1.29 is 0 Å². The number of anilines is 1. The van der Waals surface area contributed by atoms with Crippen LogP contribution >= 0.6 is 12.6 Å². The zero-order chi connectivity index (χ0) is 8.97. The summed E-state index contributed by atoms with van der Waals surface area (Å²) in [5.41, 5.74) is 8.52. The first-order valence-electron chi connectivity index (χ1n) is 3.70. The Morgan fingerprint density at radius 2 is 2.25 bits per heavy atom. The first-order chi connectivity index (χ1) is 5.74. The molecular formula is C10H11NS. The first kappa shape index (κ1) is 9.02. The summed E-state index contributed by atoms with van der Waals surface area (Å²) >= 11 is 3.99. The topological polar surface area (TPSA) is 26.0 Å². The molecule has 0 bridgehead atoms. The minimum atomic E-state index is 0.563. The number of nitrogen functional groups attached to an aromatic ring is 1. The van der Waals surface area contributed by atoms with Crippen LogP contribution in [0.2, 0.25) is 0 Å². The van der Waals surface area contributed by atoms with E-state index in [1.54, 1.807) is 0 Å². The van der Waals surface area contributed by atoms with Crippen LogP contribution in [0.5, 0.6) is 0 Å². The lowest BCUT2D eigenvalue weighted by Crippen LogP contribution is -1.90. The minimum Gasteiger partial charge on any atom is -0.398 e. The fraction of sp³-hybridized carbons (Fsp3) is 0.200. The van der Waals surface area contributed by atoms with Crippen molar-refractivity contribution in [3.05, 3.63) is 29.3 Å². The second-order valence-electron chi connectivity index (χ2n) is 2.55. The quantitative estimate of drug-likeness (QED) is 0.353. The highest BCUT2D eigenvalue weighted by Crippen LogP contribution is 2.11. The Kier molecular flexibility index (Phi) is 3.07. The van der Waals surface area contributed by atoms with Crippen LogP contribution in [-0.2, 0) is 0 Å². The average molecular weight is 177 g/mol. The van der Waals surface area contributed by atoms with E-state index >= 15 is 0 Å². The zero-order valence-corrected chi connectivity index (χ0v) is 7.86. The van der Waals surface area contributed by atoms with Crippen molar-refractivity contribution in [1.29, 1.82) is 0 Å². The third-order valence-electron chi connectivity index (χ3n) is 1.51. The monoisotopic (exact) mass is 177 g/mol. The smallest absolute Gasteiger partial charge is 0.0521 e. The third-order valence-corrected chi connectivity index (χ3v) is 1.67. The van der Waals surface area contributed by atoms with Gasteiger partial charge in [0.2, 0.25) is 0 Å². The molecule has 0 saturated carbocycles. The molecule has 0 unspecified atom stereocenters. The summed E-state index contributed by atoms with van der Waals surface area (Å²) < 4.78 is 0. The molecule has 0 heterocycles. The highest BCUT2D eigenvalue weighted by atomic mass is 32.1. The molecule has 1 aromatic rings. The Morgan fingerprint density at radius 3 is 2.83 bits per heavy atom. The Balaban J connectivity index is 3.01. The van der Waals surface area contributed by atoms with Crippen molar-refractivity contribution >= 4 is 18.3 Å². The van der Waals surface area contributed by atoms with Crippen molar-refractivity contribution in [2.75, 3.05) is 11.5 Å². The van der Waals surface area contributed by atoms with Gasteiger partial charge in [-0.3, -0.25) is 0 Å². The van der Waals surface area contributed by atoms with Crippen molar-refractivity contribution in [3.8, 4) is 11.8 Å². The number of aryl methyl sites for hydroxylation is 1. The summed E-state index contributed by atoms with van der Waals surface area (Å²) in [4.78, 5) is 0. The largest absolute Gasteiger partial charge is 0.398 e. The maximum absolute atomic E-state index is 5.73. The van der Waals surface area contributed by atoms with E-state index in [2.05, 4.69) is 24.5 Å². The van der Waals surface area contributed by atoms with Crippen LogP contribution in [0.1, 0.15) is 11.1 Å². The highest BCUT2D eigenvalue weighted by Gasteiger charge is 1.93. The zero-order valence-electron chi connectivity index (χ0n) is 6.96. The van der Waals surface area contributed by atoms with Crippen molar-refractivity contribution in [2.24, 2.45) is 0 Å². The molecule has 0 aliphatic heterocycles. The van der Waals surface area contributed by atoms with Gasteiger partial charge < -0.3 is 5.73 Å². The molecule has 0 saturated heterocycles. The Bertz CT molecular complexity index is 333. The number of hydrogen-bond acceptors (Lipinski definition) is 2. The van der Waals surface area contributed by atoms with Crippen molar-refractivity contribution in [3.63, 3.8) is 0 Å².